The number of unbranched alkanes of at least 4 members (excludes halogenated alkanes) is 1. The minimum absolute atomic E-state index is 0.0208. The summed E-state index contributed by atoms with van der Waals surface area (Å²) in [6.07, 6.45) is 5.61. The largest absolute Gasteiger partial charge is 0.316 e. The maximum Gasteiger partial charge on any atom is 0.0578 e. The zero-order chi connectivity index (χ0) is 11.9. The van der Waals surface area contributed by atoms with Gasteiger partial charge in [-0.3, -0.25) is 0 Å². The van der Waals surface area contributed by atoms with Crippen LogP contribution >= 0.6 is 0 Å². The highest BCUT2D eigenvalue weighted by molar-refractivity contribution is 4.85. The molecule has 15 heavy (non-hydrogen) atoms. The third kappa shape index (κ3) is 4.93. The first-order valence-corrected chi connectivity index (χ1v) is 6.01. The van der Waals surface area contributed by atoms with E-state index >= 15 is 0 Å². The second kappa shape index (κ2) is 7.17. The Kier molecular flexibility index (Phi) is 7.09. The van der Waals surface area contributed by atoms with E-state index in [1.807, 2.05) is 0 Å². The van der Waals surface area contributed by atoms with Crippen molar-refractivity contribution in [3.05, 3.63) is 0 Å². The SMILES string of the molecule is CCCCC(CC)(CCC(N)N)C(N)N. The quantitative estimate of drug-likeness (QED) is 0.451. The number of hydrogen-bond acceptors (Lipinski definition) is 4. The predicted octanol–water partition coefficient (Wildman–Crippen LogP) is 0.840. The van der Waals surface area contributed by atoms with Gasteiger partial charge in [0.25, 0.3) is 0 Å². The van der Waals surface area contributed by atoms with E-state index in [0.29, 0.717) is 0 Å². The molecule has 0 aromatic rings. The van der Waals surface area contributed by atoms with Crippen molar-refractivity contribution < 1.29 is 0 Å². The molecule has 0 radical (unpaired) electrons. The van der Waals surface area contributed by atoms with Gasteiger partial charge in [-0.1, -0.05) is 26.7 Å². The Morgan fingerprint density at radius 2 is 1.60 bits per heavy atom. The molecule has 1 atom stereocenters. The average molecular weight is 216 g/mol. The molecule has 0 aromatic carbocycles. The maximum absolute atomic E-state index is 5.91. The molecule has 0 spiro atoms. The highest BCUT2D eigenvalue weighted by Crippen LogP contribution is 2.35. The van der Waals surface area contributed by atoms with Crippen LogP contribution in [0.3, 0.4) is 0 Å². The number of nitrogens with two attached hydrogens (primary N) is 4. The summed E-state index contributed by atoms with van der Waals surface area (Å²) in [5.41, 5.74) is 23.0. The normalized spacial score (nSPS) is 16.0. The predicted molar refractivity (Wildman–Crippen MR) is 65.8 cm³/mol. The van der Waals surface area contributed by atoms with Gasteiger partial charge in [0.05, 0.1) is 12.3 Å². The molecule has 0 aliphatic heterocycles. The molecule has 1 unspecified atom stereocenters. The molecule has 92 valence electrons. The van der Waals surface area contributed by atoms with E-state index in [1.54, 1.807) is 0 Å². The van der Waals surface area contributed by atoms with Crippen LogP contribution in [0.5, 0.6) is 0 Å². The van der Waals surface area contributed by atoms with E-state index in [1.165, 1.54) is 12.8 Å². The molecule has 8 N–H and O–H groups in total. The van der Waals surface area contributed by atoms with Gasteiger partial charge in [0.1, 0.15) is 0 Å². The lowest BCUT2D eigenvalue weighted by Gasteiger charge is -2.37. The van der Waals surface area contributed by atoms with Crippen LogP contribution in [-0.2, 0) is 0 Å². The molecule has 0 bridgehead atoms. The highest BCUT2D eigenvalue weighted by Gasteiger charge is 2.32. The van der Waals surface area contributed by atoms with Crippen molar-refractivity contribution >= 4 is 0 Å². The first-order valence-electron chi connectivity index (χ1n) is 6.01. The van der Waals surface area contributed by atoms with Crippen molar-refractivity contribution in [2.75, 3.05) is 0 Å². The second-order valence-electron chi connectivity index (χ2n) is 4.55. The average Bonchev–Trinajstić information content (AvgIpc) is 2.18. The van der Waals surface area contributed by atoms with Crippen LogP contribution in [0, 0.1) is 5.41 Å². The summed E-state index contributed by atoms with van der Waals surface area (Å²) >= 11 is 0. The third-order valence-corrected chi connectivity index (χ3v) is 3.42. The Morgan fingerprint density at radius 1 is 1.00 bits per heavy atom. The Bertz CT molecular complexity index is 159. The van der Waals surface area contributed by atoms with E-state index in [2.05, 4.69) is 13.8 Å². The minimum atomic E-state index is -0.271. The summed E-state index contributed by atoms with van der Waals surface area (Å²) in [6, 6.07) is 0. The molecule has 0 aliphatic carbocycles. The van der Waals surface area contributed by atoms with Gasteiger partial charge in [0, 0.05) is 0 Å². The van der Waals surface area contributed by atoms with Gasteiger partial charge in [0.2, 0.25) is 0 Å². The monoisotopic (exact) mass is 216 g/mol. The Hall–Kier alpha value is -0.160. The van der Waals surface area contributed by atoms with Crippen LogP contribution < -0.4 is 22.9 Å². The van der Waals surface area contributed by atoms with E-state index in [4.69, 9.17) is 22.9 Å². The van der Waals surface area contributed by atoms with Gasteiger partial charge in [-0.25, -0.2) is 0 Å². The highest BCUT2D eigenvalue weighted by atomic mass is 14.9. The summed E-state index contributed by atoms with van der Waals surface area (Å²) in [5, 5.41) is 0. The summed E-state index contributed by atoms with van der Waals surface area (Å²) in [7, 11) is 0. The molecule has 0 aliphatic rings. The molecule has 4 nitrogen and oxygen atoms in total. The van der Waals surface area contributed by atoms with Gasteiger partial charge in [-0.15, -0.1) is 0 Å². The Labute approximate surface area is 93.7 Å². The van der Waals surface area contributed by atoms with Gasteiger partial charge >= 0.3 is 0 Å². The van der Waals surface area contributed by atoms with Crippen LogP contribution in [-0.4, -0.2) is 12.3 Å². The fourth-order valence-corrected chi connectivity index (χ4v) is 2.03. The van der Waals surface area contributed by atoms with Crippen LogP contribution in [0.1, 0.15) is 52.4 Å². The lowest BCUT2D eigenvalue weighted by molar-refractivity contribution is 0.165. The zero-order valence-electron chi connectivity index (χ0n) is 10.2. The smallest absolute Gasteiger partial charge is 0.0578 e. The molecule has 0 heterocycles. The Balaban J connectivity index is 4.36. The van der Waals surface area contributed by atoms with Gasteiger partial charge < -0.3 is 22.9 Å². The van der Waals surface area contributed by atoms with Gasteiger partial charge in [-0.2, -0.15) is 0 Å². The molecule has 0 rings (SSSR count). The van der Waals surface area contributed by atoms with Crippen molar-refractivity contribution in [3.63, 3.8) is 0 Å². The van der Waals surface area contributed by atoms with E-state index < -0.39 is 0 Å². The molecule has 0 fully saturated rings. The summed E-state index contributed by atoms with van der Waals surface area (Å²) in [6.45, 7) is 4.32. The molecule has 0 aromatic heterocycles. The number of rotatable bonds is 8. The standard InChI is InChI=1S/C11H28N4/c1-3-5-7-11(4-2,10(14)15)8-6-9(12)13/h9-10H,3-8,12-15H2,1-2H3. The van der Waals surface area contributed by atoms with E-state index in [9.17, 15) is 0 Å². The lowest BCUT2D eigenvalue weighted by Crippen LogP contribution is -2.49. The van der Waals surface area contributed by atoms with Crippen molar-refractivity contribution in [1.29, 1.82) is 0 Å². The zero-order valence-corrected chi connectivity index (χ0v) is 10.2. The second-order valence-corrected chi connectivity index (χ2v) is 4.55. The summed E-state index contributed by atoms with van der Waals surface area (Å²) < 4.78 is 0. The van der Waals surface area contributed by atoms with Crippen molar-refractivity contribution in [3.8, 4) is 0 Å². The molecule has 0 saturated heterocycles. The molecular formula is C11H28N4. The first kappa shape index (κ1) is 14.8. The Morgan fingerprint density at radius 3 is 1.93 bits per heavy atom. The molecule has 0 saturated carbocycles. The third-order valence-electron chi connectivity index (χ3n) is 3.42. The molecular weight excluding hydrogens is 188 g/mol. The summed E-state index contributed by atoms with van der Waals surface area (Å²) in [4.78, 5) is 0. The molecule has 0 amide bonds. The topological polar surface area (TPSA) is 104 Å². The van der Waals surface area contributed by atoms with Crippen molar-refractivity contribution in [1.82, 2.24) is 0 Å². The minimum Gasteiger partial charge on any atom is -0.316 e. The van der Waals surface area contributed by atoms with Crippen molar-refractivity contribution in [2.24, 2.45) is 28.3 Å². The summed E-state index contributed by atoms with van der Waals surface area (Å²) in [5.74, 6) is 0. The maximum atomic E-state index is 5.91. The lowest BCUT2D eigenvalue weighted by atomic mass is 9.74. The van der Waals surface area contributed by atoms with Gasteiger partial charge in [-0.05, 0) is 31.1 Å². The number of hydrogen-bond donors (Lipinski definition) is 4. The van der Waals surface area contributed by atoms with E-state index in [0.717, 1.165) is 25.7 Å². The van der Waals surface area contributed by atoms with Crippen LogP contribution in [0.25, 0.3) is 0 Å². The van der Waals surface area contributed by atoms with E-state index in [-0.39, 0.29) is 17.7 Å². The van der Waals surface area contributed by atoms with Gasteiger partial charge in [0.15, 0.2) is 0 Å². The van der Waals surface area contributed by atoms with Crippen LogP contribution in [0.15, 0.2) is 0 Å². The fraction of sp³-hybridized carbons (Fsp3) is 1.00. The molecule has 4 heteroatoms. The fourth-order valence-electron chi connectivity index (χ4n) is 2.03. The van der Waals surface area contributed by atoms with Crippen molar-refractivity contribution in [2.45, 2.75) is 64.7 Å². The first-order chi connectivity index (χ1) is 6.98. The van der Waals surface area contributed by atoms with Crippen LogP contribution in [0.2, 0.25) is 0 Å². The van der Waals surface area contributed by atoms with Crippen LogP contribution in [0.4, 0.5) is 0 Å².